The Balaban J connectivity index is 1.33. The van der Waals surface area contributed by atoms with Crippen LogP contribution in [-0.2, 0) is 23.9 Å². The van der Waals surface area contributed by atoms with Gasteiger partial charge >= 0.3 is 5.97 Å². The number of benzene rings is 1. The Kier molecular flexibility index (Phi) is 7.25. The molecule has 35 heavy (non-hydrogen) atoms. The number of nitrogens with one attached hydrogen (secondary N) is 1. The number of fused-ring (bicyclic) bond motifs is 1. The zero-order valence-corrected chi connectivity index (χ0v) is 19.5. The van der Waals surface area contributed by atoms with E-state index in [1.54, 1.807) is 12.1 Å². The summed E-state index contributed by atoms with van der Waals surface area (Å²) in [6.07, 6.45) is 3.11. The highest BCUT2D eigenvalue weighted by Gasteiger charge is 2.47. The monoisotopic (exact) mass is 484 g/mol. The van der Waals surface area contributed by atoms with E-state index in [9.17, 15) is 28.8 Å². The zero-order chi connectivity index (χ0) is 25.1. The molecular weight excluding hydrogens is 456 g/mol. The molecule has 1 aromatic rings. The maximum atomic E-state index is 13.0. The Labute approximate surface area is 202 Å². The van der Waals surface area contributed by atoms with Crippen LogP contribution in [0.4, 0.5) is 0 Å². The maximum Gasteiger partial charge on any atom is 0.330 e. The van der Waals surface area contributed by atoms with Crippen molar-refractivity contribution in [1.82, 2.24) is 20.0 Å². The van der Waals surface area contributed by atoms with Gasteiger partial charge in [0.2, 0.25) is 11.8 Å². The second-order valence-electron chi connectivity index (χ2n) is 8.96. The van der Waals surface area contributed by atoms with E-state index in [1.165, 1.54) is 19.1 Å². The highest BCUT2D eigenvalue weighted by Crippen LogP contribution is 2.29. The van der Waals surface area contributed by atoms with Crippen molar-refractivity contribution in [2.24, 2.45) is 0 Å². The van der Waals surface area contributed by atoms with Crippen molar-refractivity contribution in [3.63, 3.8) is 0 Å². The quantitative estimate of drug-likeness (QED) is 0.431. The number of imide groups is 2. The van der Waals surface area contributed by atoms with Gasteiger partial charge in [0.15, 0.2) is 6.73 Å². The molecule has 0 saturated carbocycles. The fourth-order valence-electron chi connectivity index (χ4n) is 4.61. The molecule has 0 bridgehead atoms. The predicted octanol–water partition coefficient (Wildman–Crippen LogP) is 0.292. The van der Waals surface area contributed by atoms with Gasteiger partial charge < -0.3 is 10.1 Å². The third kappa shape index (κ3) is 5.09. The van der Waals surface area contributed by atoms with Gasteiger partial charge in [0.05, 0.1) is 17.7 Å². The van der Waals surface area contributed by atoms with Gasteiger partial charge in [-0.3, -0.25) is 33.8 Å². The van der Waals surface area contributed by atoms with Crippen molar-refractivity contribution in [3.8, 4) is 0 Å². The van der Waals surface area contributed by atoms with Crippen LogP contribution in [-0.4, -0.2) is 88.7 Å². The molecule has 1 aromatic carbocycles. The third-order valence-corrected chi connectivity index (χ3v) is 6.50. The Morgan fingerprint density at radius 1 is 1.03 bits per heavy atom. The van der Waals surface area contributed by atoms with Crippen LogP contribution in [0.2, 0.25) is 0 Å². The van der Waals surface area contributed by atoms with Crippen LogP contribution in [0.1, 0.15) is 59.7 Å². The van der Waals surface area contributed by atoms with Crippen molar-refractivity contribution in [3.05, 3.63) is 35.4 Å². The van der Waals surface area contributed by atoms with Gasteiger partial charge in [0, 0.05) is 6.42 Å². The molecule has 11 heteroatoms. The van der Waals surface area contributed by atoms with Gasteiger partial charge in [-0.1, -0.05) is 18.6 Å². The van der Waals surface area contributed by atoms with Crippen LogP contribution >= 0.6 is 0 Å². The number of amides is 5. The average molecular weight is 485 g/mol. The van der Waals surface area contributed by atoms with Crippen molar-refractivity contribution in [2.45, 2.75) is 51.1 Å². The maximum absolute atomic E-state index is 13.0. The molecule has 0 spiro atoms. The van der Waals surface area contributed by atoms with E-state index in [1.807, 2.05) is 4.90 Å². The lowest BCUT2D eigenvalue weighted by atomic mass is 10.0. The van der Waals surface area contributed by atoms with Gasteiger partial charge in [-0.05, 0) is 51.4 Å². The van der Waals surface area contributed by atoms with Crippen LogP contribution in [0.5, 0.6) is 0 Å². The van der Waals surface area contributed by atoms with Crippen LogP contribution in [0.3, 0.4) is 0 Å². The van der Waals surface area contributed by atoms with E-state index in [-0.39, 0.29) is 36.4 Å². The van der Waals surface area contributed by atoms with Gasteiger partial charge in [0.25, 0.3) is 17.7 Å². The van der Waals surface area contributed by atoms with Crippen LogP contribution in [0.25, 0.3) is 0 Å². The van der Waals surface area contributed by atoms with Gasteiger partial charge in [-0.2, -0.15) is 0 Å². The normalized spacial score (nSPS) is 21.7. The van der Waals surface area contributed by atoms with Crippen LogP contribution in [0.15, 0.2) is 24.3 Å². The van der Waals surface area contributed by atoms with Gasteiger partial charge in [-0.25, -0.2) is 9.69 Å². The molecule has 0 aliphatic carbocycles. The van der Waals surface area contributed by atoms with Crippen molar-refractivity contribution < 1.29 is 33.5 Å². The Morgan fingerprint density at radius 2 is 1.66 bits per heavy atom. The number of nitrogens with zero attached hydrogens (tertiary/aromatic N) is 3. The largest absolute Gasteiger partial charge is 0.442 e. The lowest BCUT2D eigenvalue weighted by molar-refractivity contribution is -0.165. The number of piperidine rings is 2. The highest BCUT2D eigenvalue weighted by molar-refractivity contribution is 6.23. The number of esters is 1. The number of rotatable bonds is 7. The number of carbonyl (C=O) groups excluding carboxylic acids is 6. The summed E-state index contributed by atoms with van der Waals surface area (Å²) in [5.74, 6) is -3.67. The molecule has 1 unspecified atom stereocenters. The Morgan fingerprint density at radius 3 is 2.29 bits per heavy atom. The highest BCUT2D eigenvalue weighted by atomic mass is 16.5. The second kappa shape index (κ2) is 10.3. The summed E-state index contributed by atoms with van der Waals surface area (Å²) in [5.41, 5.74) is 0.406. The van der Waals surface area contributed by atoms with Crippen molar-refractivity contribution in [1.29, 1.82) is 0 Å². The molecule has 2 fully saturated rings. The molecule has 3 aliphatic rings. The van der Waals surface area contributed by atoms with Crippen LogP contribution in [0, 0.1) is 0 Å². The smallest absolute Gasteiger partial charge is 0.330 e. The molecule has 3 heterocycles. The minimum Gasteiger partial charge on any atom is -0.442 e. The summed E-state index contributed by atoms with van der Waals surface area (Å²) >= 11 is 0. The van der Waals surface area contributed by atoms with E-state index >= 15 is 0 Å². The molecule has 1 N–H and O–H groups in total. The standard InChI is InChI=1S/C24H28N4O7/c1-15(25-19(29)13-26-11-5-2-6-12-26)24(34)35-14-27-20(30)10-9-18(23(27)33)28-21(31)16-7-3-4-8-17(16)22(28)32/h3-4,7-8,15,18H,2,5-6,9-14H2,1H3,(H,25,29)/t15-,18?/m0/s1. The van der Waals surface area contributed by atoms with E-state index in [2.05, 4.69) is 5.32 Å². The fraction of sp³-hybridized carbons (Fsp3) is 0.500. The number of hydrogen-bond donors (Lipinski definition) is 1. The first-order valence-corrected chi connectivity index (χ1v) is 11.8. The summed E-state index contributed by atoms with van der Waals surface area (Å²) < 4.78 is 5.13. The van der Waals surface area contributed by atoms with Crippen LogP contribution < -0.4 is 5.32 Å². The molecule has 0 aromatic heterocycles. The lowest BCUT2D eigenvalue weighted by Crippen LogP contribution is -2.57. The molecule has 2 saturated heterocycles. The van der Waals surface area contributed by atoms with Gasteiger partial charge in [0.1, 0.15) is 12.1 Å². The topological polar surface area (TPSA) is 133 Å². The number of ether oxygens (including phenoxy) is 1. The van der Waals surface area contributed by atoms with E-state index in [0.717, 1.165) is 42.2 Å². The number of likely N-dealkylation sites (tertiary alicyclic amines) is 2. The molecule has 2 atom stereocenters. The summed E-state index contributed by atoms with van der Waals surface area (Å²) in [4.78, 5) is 79.2. The molecular formula is C24H28N4O7. The summed E-state index contributed by atoms with van der Waals surface area (Å²) in [5, 5.41) is 2.57. The number of hydrogen-bond acceptors (Lipinski definition) is 8. The average Bonchev–Trinajstić information content (AvgIpc) is 3.09. The van der Waals surface area contributed by atoms with Crippen molar-refractivity contribution >= 4 is 35.5 Å². The van der Waals surface area contributed by atoms with Gasteiger partial charge in [-0.15, -0.1) is 0 Å². The summed E-state index contributed by atoms with van der Waals surface area (Å²) in [7, 11) is 0. The summed E-state index contributed by atoms with van der Waals surface area (Å²) in [6, 6.07) is 4.12. The second-order valence-corrected chi connectivity index (χ2v) is 8.96. The Hall–Kier alpha value is -3.60. The predicted molar refractivity (Wildman–Crippen MR) is 121 cm³/mol. The molecule has 5 amide bonds. The molecule has 4 rings (SSSR count). The lowest BCUT2D eigenvalue weighted by Gasteiger charge is -2.34. The first kappa shape index (κ1) is 24.5. The first-order chi connectivity index (χ1) is 16.8. The fourth-order valence-corrected chi connectivity index (χ4v) is 4.61. The first-order valence-electron chi connectivity index (χ1n) is 11.8. The third-order valence-electron chi connectivity index (χ3n) is 6.50. The zero-order valence-electron chi connectivity index (χ0n) is 19.5. The Bertz CT molecular complexity index is 1030. The van der Waals surface area contributed by atoms with E-state index in [4.69, 9.17) is 4.74 Å². The molecule has 0 radical (unpaired) electrons. The SMILES string of the molecule is C[C@H](NC(=O)CN1CCCCC1)C(=O)OCN1C(=O)CCC(N2C(=O)c3ccccc3C2=O)C1=O. The molecule has 186 valence electrons. The minimum absolute atomic E-state index is 0.00343. The number of carbonyl (C=O) groups is 6. The van der Waals surface area contributed by atoms with E-state index in [0.29, 0.717) is 0 Å². The minimum atomic E-state index is -1.17. The summed E-state index contributed by atoms with van der Waals surface area (Å²) in [6.45, 7) is 2.64. The molecule has 3 aliphatic heterocycles. The van der Waals surface area contributed by atoms with E-state index < -0.39 is 48.4 Å². The van der Waals surface area contributed by atoms with Crippen molar-refractivity contribution in [2.75, 3.05) is 26.4 Å². The molecule has 11 nitrogen and oxygen atoms in total.